The summed E-state index contributed by atoms with van der Waals surface area (Å²) in [6.07, 6.45) is 1.82. The monoisotopic (exact) mass is 250 g/mol. The van der Waals surface area contributed by atoms with Crippen LogP contribution in [-0.4, -0.2) is 17.7 Å². The van der Waals surface area contributed by atoms with Gasteiger partial charge < -0.3 is 9.84 Å². The molecule has 0 aromatic heterocycles. The van der Waals surface area contributed by atoms with Gasteiger partial charge in [0.05, 0.1) is 6.61 Å². The molecule has 0 aliphatic rings. The third kappa shape index (κ3) is 3.25. The molecule has 0 aliphatic heterocycles. The number of unbranched alkanes of at least 4 members (excludes halogenated alkanes) is 1. The van der Waals surface area contributed by atoms with Crippen LogP contribution in [0.2, 0.25) is 0 Å². The summed E-state index contributed by atoms with van der Waals surface area (Å²) in [7, 11) is 0. The quantitative estimate of drug-likeness (QED) is 0.639. The molecule has 0 amide bonds. The summed E-state index contributed by atoms with van der Waals surface area (Å²) in [6, 6.07) is 3.71. The molecule has 0 fully saturated rings. The van der Waals surface area contributed by atoms with E-state index in [1.54, 1.807) is 6.92 Å². The molecule has 3 nitrogen and oxygen atoms in total. The summed E-state index contributed by atoms with van der Waals surface area (Å²) < 4.78 is 5.17. The molecule has 1 aromatic rings. The number of carbonyl (C=O) groups excluding carboxylic acids is 1. The van der Waals surface area contributed by atoms with Crippen LogP contribution in [0.15, 0.2) is 12.1 Å². The molecule has 0 heterocycles. The molecule has 0 atom stereocenters. The van der Waals surface area contributed by atoms with E-state index in [2.05, 4.69) is 0 Å². The highest BCUT2D eigenvalue weighted by atomic mass is 16.5. The van der Waals surface area contributed by atoms with Crippen molar-refractivity contribution >= 4 is 5.97 Å². The standard InChI is InChI=1S/C15H22O3/c1-5-6-9-18-15(17)13-11(4)7-8-12(10(2)3)14(13)16/h7-8,10,16H,5-6,9H2,1-4H3. The number of esters is 1. The molecule has 0 radical (unpaired) electrons. The number of phenols is 1. The Kier molecular flexibility index (Phi) is 5.20. The van der Waals surface area contributed by atoms with Crippen molar-refractivity contribution in [3.63, 3.8) is 0 Å². The van der Waals surface area contributed by atoms with Gasteiger partial charge in [-0.25, -0.2) is 4.79 Å². The number of hydrogen-bond donors (Lipinski definition) is 1. The Labute approximate surface area is 109 Å². The summed E-state index contributed by atoms with van der Waals surface area (Å²) in [4.78, 5) is 12.0. The van der Waals surface area contributed by atoms with Crippen molar-refractivity contribution in [2.24, 2.45) is 0 Å². The average Bonchev–Trinajstić information content (AvgIpc) is 2.28. The SMILES string of the molecule is CCCCOC(=O)c1c(C)ccc(C(C)C)c1O. The fraction of sp³-hybridized carbons (Fsp3) is 0.533. The van der Waals surface area contributed by atoms with E-state index < -0.39 is 5.97 Å². The highest BCUT2D eigenvalue weighted by Crippen LogP contribution is 2.31. The van der Waals surface area contributed by atoms with Gasteiger partial charge in [-0.05, 0) is 30.4 Å². The van der Waals surface area contributed by atoms with Gasteiger partial charge in [0.15, 0.2) is 0 Å². The number of ether oxygens (including phenoxy) is 1. The molecule has 18 heavy (non-hydrogen) atoms. The van der Waals surface area contributed by atoms with Gasteiger partial charge in [-0.3, -0.25) is 0 Å². The van der Waals surface area contributed by atoms with Gasteiger partial charge in [0, 0.05) is 0 Å². The fourth-order valence-corrected chi connectivity index (χ4v) is 1.81. The lowest BCUT2D eigenvalue weighted by Crippen LogP contribution is -2.09. The predicted molar refractivity (Wildman–Crippen MR) is 72.1 cm³/mol. The first-order chi connectivity index (χ1) is 8.49. The molecule has 0 saturated carbocycles. The largest absolute Gasteiger partial charge is 0.507 e. The first-order valence-electron chi connectivity index (χ1n) is 6.48. The number of phenolic OH excluding ortho intramolecular Hbond substituents is 1. The van der Waals surface area contributed by atoms with Crippen LogP contribution in [0.5, 0.6) is 5.75 Å². The fourth-order valence-electron chi connectivity index (χ4n) is 1.81. The van der Waals surface area contributed by atoms with Crippen LogP contribution in [0.25, 0.3) is 0 Å². The first kappa shape index (κ1) is 14.6. The van der Waals surface area contributed by atoms with Gasteiger partial charge in [-0.1, -0.05) is 39.3 Å². The molecular formula is C15H22O3. The predicted octanol–water partition coefficient (Wildman–Crippen LogP) is 3.78. The molecule has 3 heteroatoms. The number of benzene rings is 1. The second kappa shape index (κ2) is 6.43. The zero-order valence-corrected chi connectivity index (χ0v) is 11.6. The number of aryl methyl sites for hydroxylation is 1. The van der Waals surface area contributed by atoms with Crippen molar-refractivity contribution in [2.75, 3.05) is 6.61 Å². The Morgan fingerprint density at radius 3 is 2.61 bits per heavy atom. The molecule has 0 unspecified atom stereocenters. The Morgan fingerprint density at radius 1 is 1.39 bits per heavy atom. The second-order valence-electron chi connectivity index (χ2n) is 4.84. The van der Waals surface area contributed by atoms with E-state index in [0.717, 1.165) is 24.0 Å². The van der Waals surface area contributed by atoms with Crippen LogP contribution in [-0.2, 0) is 4.74 Å². The summed E-state index contributed by atoms with van der Waals surface area (Å²) in [5.41, 5.74) is 1.83. The molecule has 0 spiro atoms. The van der Waals surface area contributed by atoms with Gasteiger partial charge in [-0.15, -0.1) is 0 Å². The molecular weight excluding hydrogens is 228 g/mol. The molecule has 0 bridgehead atoms. The van der Waals surface area contributed by atoms with Crippen molar-refractivity contribution in [3.05, 3.63) is 28.8 Å². The van der Waals surface area contributed by atoms with Crippen LogP contribution < -0.4 is 0 Å². The normalized spacial score (nSPS) is 10.7. The molecule has 100 valence electrons. The van der Waals surface area contributed by atoms with E-state index in [-0.39, 0.29) is 11.7 Å². The maximum absolute atomic E-state index is 12.0. The summed E-state index contributed by atoms with van der Waals surface area (Å²) >= 11 is 0. The van der Waals surface area contributed by atoms with Gasteiger partial charge in [0.1, 0.15) is 11.3 Å². The van der Waals surface area contributed by atoms with Crippen LogP contribution >= 0.6 is 0 Å². The van der Waals surface area contributed by atoms with Crippen LogP contribution in [0.3, 0.4) is 0 Å². The minimum absolute atomic E-state index is 0.0616. The number of rotatable bonds is 5. The van der Waals surface area contributed by atoms with Crippen molar-refractivity contribution < 1.29 is 14.6 Å². The number of carbonyl (C=O) groups is 1. The number of aromatic hydroxyl groups is 1. The highest BCUT2D eigenvalue weighted by Gasteiger charge is 2.19. The van der Waals surface area contributed by atoms with Gasteiger partial charge in [0.2, 0.25) is 0 Å². The first-order valence-corrected chi connectivity index (χ1v) is 6.48. The van der Waals surface area contributed by atoms with Gasteiger partial charge in [-0.2, -0.15) is 0 Å². The Morgan fingerprint density at radius 2 is 2.06 bits per heavy atom. The minimum Gasteiger partial charge on any atom is -0.507 e. The minimum atomic E-state index is -0.430. The second-order valence-corrected chi connectivity index (χ2v) is 4.84. The van der Waals surface area contributed by atoms with E-state index in [1.165, 1.54) is 0 Å². The number of hydrogen-bond acceptors (Lipinski definition) is 3. The summed E-state index contributed by atoms with van der Waals surface area (Å²) in [5.74, 6) is -0.194. The third-order valence-corrected chi connectivity index (χ3v) is 2.97. The lowest BCUT2D eigenvalue weighted by molar-refractivity contribution is 0.0495. The van der Waals surface area contributed by atoms with E-state index in [4.69, 9.17) is 4.74 Å². The van der Waals surface area contributed by atoms with Crippen LogP contribution in [0.1, 0.15) is 61.0 Å². The molecule has 1 aromatic carbocycles. The van der Waals surface area contributed by atoms with Crippen LogP contribution in [0.4, 0.5) is 0 Å². The van der Waals surface area contributed by atoms with E-state index in [0.29, 0.717) is 12.2 Å². The zero-order chi connectivity index (χ0) is 13.7. The van der Waals surface area contributed by atoms with Crippen molar-refractivity contribution in [1.29, 1.82) is 0 Å². The zero-order valence-electron chi connectivity index (χ0n) is 11.6. The smallest absolute Gasteiger partial charge is 0.342 e. The molecule has 1 rings (SSSR count). The Hall–Kier alpha value is -1.51. The molecule has 0 aliphatic carbocycles. The summed E-state index contributed by atoms with van der Waals surface area (Å²) in [5, 5.41) is 10.2. The van der Waals surface area contributed by atoms with Gasteiger partial charge >= 0.3 is 5.97 Å². The van der Waals surface area contributed by atoms with Crippen LogP contribution in [0, 0.1) is 6.92 Å². The molecule has 0 saturated heterocycles. The van der Waals surface area contributed by atoms with Crippen molar-refractivity contribution in [1.82, 2.24) is 0 Å². The van der Waals surface area contributed by atoms with Gasteiger partial charge in [0.25, 0.3) is 0 Å². The maximum atomic E-state index is 12.0. The maximum Gasteiger partial charge on any atom is 0.342 e. The Bertz CT molecular complexity index is 422. The summed E-state index contributed by atoms with van der Waals surface area (Å²) in [6.45, 7) is 8.21. The average molecular weight is 250 g/mol. The molecule has 1 N–H and O–H groups in total. The van der Waals surface area contributed by atoms with Crippen molar-refractivity contribution in [3.8, 4) is 5.75 Å². The lowest BCUT2D eigenvalue weighted by Gasteiger charge is -2.14. The van der Waals surface area contributed by atoms with Crippen molar-refractivity contribution in [2.45, 2.75) is 46.5 Å². The lowest BCUT2D eigenvalue weighted by atomic mass is 9.96. The highest BCUT2D eigenvalue weighted by molar-refractivity contribution is 5.94. The topological polar surface area (TPSA) is 46.5 Å². The third-order valence-electron chi connectivity index (χ3n) is 2.97. The van der Waals surface area contributed by atoms with E-state index >= 15 is 0 Å². The van der Waals surface area contributed by atoms with E-state index in [9.17, 15) is 9.90 Å². The Balaban J connectivity index is 3.00. The van der Waals surface area contributed by atoms with E-state index in [1.807, 2.05) is 32.9 Å².